The van der Waals surface area contributed by atoms with E-state index in [1.165, 1.54) is 50.2 Å². The van der Waals surface area contributed by atoms with Crippen LogP contribution in [0.3, 0.4) is 0 Å². The van der Waals surface area contributed by atoms with Crippen LogP contribution in [0.5, 0.6) is 11.5 Å². The van der Waals surface area contributed by atoms with Gasteiger partial charge in [-0.15, -0.1) is 0 Å². The van der Waals surface area contributed by atoms with Gasteiger partial charge in [0.2, 0.25) is 0 Å². The second-order valence-corrected chi connectivity index (χ2v) is 6.69. The zero-order valence-electron chi connectivity index (χ0n) is 16.2. The second kappa shape index (κ2) is 10.6. The molecule has 3 nitrogen and oxygen atoms in total. The van der Waals surface area contributed by atoms with Crippen LogP contribution < -0.4 is 9.47 Å². The number of carbonyl (C=O) groups excluding carboxylic acids is 1. The smallest absolute Gasteiger partial charge is 0.308 e. The molecule has 2 rings (SSSR count). The number of ether oxygens (including phenoxy) is 2. The summed E-state index contributed by atoms with van der Waals surface area (Å²) in [6.07, 6.45) is 7.47. The van der Waals surface area contributed by atoms with E-state index >= 15 is 0 Å². The summed E-state index contributed by atoms with van der Waals surface area (Å²) < 4.78 is 10.4. The van der Waals surface area contributed by atoms with E-state index in [0.717, 1.165) is 12.2 Å². The van der Waals surface area contributed by atoms with Crippen LogP contribution in [0.15, 0.2) is 48.5 Å². The van der Waals surface area contributed by atoms with Crippen molar-refractivity contribution in [1.82, 2.24) is 0 Å². The van der Waals surface area contributed by atoms with Crippen molar-refractivity contribution in [3.8, 4) is 11.5 Å². The minimum absolute atomic E-state index is 0.291. The fourth-order valence-electron chi connectivity index (χ4n) is 3.25. The van der Waals surface area contributed by atoms with E-state index in [4.69, 9.17) is 9.47 Å². The number of rotatable bonds is 10. The van der Waals surface area contributed by atoms with Gasteiger partial charge >= 0.3 is 5.97 Å². The highest BCUT2D eigenvalue weighted by molar-refractivity contribution is 5.69. The molecule has 0 fully saturated rings. The van der Waals surface area contributed by atoms with Crippen molar-refractivity contribution in [3.05, 3.63) is 59.7 Å². The van der Waals surface area contributed by atoms with Crippen LogP contribution in [0.25, 0.3) is 0 Å². The van der Waals surface area contributed by atoms with Crippen molar-refractivity contribution in [1.29, 1.82) is 0 Å². The molecule has 0 bridgehead atoms. The highest BCUT2D eigenvalue weighted by atomic mass is 16.5. The molecule has 1 atom stereocenters. The van der Waals surface area contributed by atoms with E-state index in [1.807, 2.05) is 24.3 Å². The molecular formula is C23H30O3. The summed E-state index contributed by atoms with van der Waals surface area (Å²) >= 11 is 0. The summed E-state index contributed by atoms with van der Waals surface area (Å²) in [5, 5.41) is 0. The third-order valence-corrected chi connectivity index (χ3v) is 4.66. The first-order valence-electron chi connectivity index (χ1n) is 9.56. The molecule has 0 saturated heterocycles. The van der Waals surface area contributed by atoms with Gasteiger partial charge in [-0.25, -0.2) is 0 Å². The Morgan fingerprint density at radius 3 is 1.88 bits per heavy atom. The summed E-state index contributed by atoms with van der Waals surface area (Å²) in [7, 11) is 1.69. The SMILES string of the molecule is CCCCCCCC(c1ccc(OC)cc1)c1ccc(OC(C)=O)cc1. The minimum Gasteiger partial charge on any atom is -0.497 e. The van der Waals surface area contributed by atoms with E-state index in [-0.39, 0.29) is 5.97 Å². The summed E-state index contributed by atoms with van der Waals surface area (Å²) in [4.78, 5) is 11.1. The van der Waals surface area contributed by atoms with Crippen molar-refractivity contribution in [2.75, 3.05) is 7.11 Å². The maximum atomic E-state index is 11.1. The number of benzene rings is 2. The van der Waals surface area contributed by atoms with Crippen molar-refractivity contribution < 1.29 is 14.3 Å². The number of esters is 1. The molecule has 0 aliphatic rings. The van der Waals surface area contributed by atoms with Gasteiger partial charge in [0.15, 0.2) is 0 Å². The molecule has 0 aromatic heterocycles. The van der Waals surface area contributed by atoms with Gasteiger partial charge in [-0.2, -0.15) is 0 Å². The first kappa shape index (κ1) is 20.0. The number of hydrogen-bond acceptors (Lipinski definition) is 3. The van der Waals surface area contributed by atoms with Gasteiger partial charge in [0.1, 0.15) is 11.5 Å². The van der Waals surface area contributed by atoms with E-state index in [2.05, 4.69) is 31.2 Å². The minimum atomic E-state index is -0.291. The molecular weight excluding hydrogens is 324 g/mol. The Hall–Kier alpha value is -2.29. The van der Waals surface area contributed by atoms with Crippen molar-refractivity contribution in [3.63, 3.8) is 0 Å². The van der Waals surface area contributed by atoms with Crippen molar-refractivity contribution in [2.24, 2.45) is 0 Å². The van der Waals surface area contributed by atoms with Crippen LogP contribution >= 0.6 is 0 Å². The van der Waals surface area contributed by atoms with Crippen LogP contribution in [0.4, 0.5) is 0 Å². The second-order valence-electron chi connectivity index (χ2n) is 6.69. The number of hydrogen-bond donors (Lipinski definition) is 0. The molecule has 0 aliphatic heterocycles. The Bertz CT molecular complexity index is 659. The molecule has 0 spiro atoms. The summed E-state index contributed by atoms with van der Waals surface area (Å²) in [5.41, 5.74) is 2.54. The molecule has 0 aliphatic carbocycles. The maximum absolute atomic E-state index is 11.1. The molecule has 26 heavy (non-hydrogen) atoms. The van der Waals surface area contributed by atoms with Crippen LogP contribution in [0.1, 0.15) is 69.4 Å². The Labute approximate surface area is 157 Å². The standard InChI is InChI=1S/C23H30O3/c1-4-5-6-7-8-9-23(19-10-14-21(25-3)15-11-19)20-12-16-22(17-13-20)26-18(2)24/h10-17,23H,4-9H2,1-3H3. The van der Waals surface area contributed by atoms with Crippen LogP contribution in [0.2, 0.25) is 0 Å². The highest BCUT2D eigenvalue weighted by Gasteiger charge is 2.14. The first-order valence-corrected chi connectivity index (χ1v) is 9.56. The van der Waals surface area contributed by atoms with Gasteiger partial charge in [-0.3, -0.25) is 4.79 Å². The first-order chi connectivity index (χ1) is 12.6. The molecule has 0 saturated carbocycles. The molecule has 2 aromatic carbocycles. The summed E-state index contributed by atoms with van der Waals surface area (Å²) in [6.45, 7) is 3.66. The normalized spacial score (nSPS) is 11.8. The molecule has 0 amide bonds. The van der Waals surface area contributed by atoms with Gasteiger partial charge in [-0.05, 0) is 41.8 Å². The van der Waals surface area contributed by atoms with E-state index in [0.29, 0.717) is 11.7 Å². The van der Waals surface area contributed by atoms with Gasteiger partial charge < -0.3 is 9.47 Å². The molecule has 140 valence electrons. The lowest BCUT2D eigenvalue weighted by molar-refractivity contribution is -0.131. The van der Waals surface area contributed by atoms with Crippen molar-refractivity contribution in [2.45, 2.75) is 58.3 Å². The van der Waals surface area contributed by atoms with Gasteiger partial charge in [0.25, 0.3) is 0 Å². The Morgan fingerprint density at radius 2 is 1.38 bits per heavy atom. The predicted molar refractivity (Wildman–Crippen MR) is 106 cm³/mol. The lowest BCUT2D eigenvalue weighted by atomic mass is 9.86. The van der Waals surface area contributed by atoms with Crippen LogP contribution in [-0.4, -0.2) is 13.1 Å². The largest absolute Gasteiger partial charge is 0.497 e. The molecule has 1 unspecified atom stereocenters. The summed E-state index contributed by atoms with van der Waals surface area (Å²) in [6, 6.07) is 16.2. The zero-order chi connectivity index (χ0) is 18.8. The van der Waals surface area contributed by atoms with Gasteiger partial charge in [0, 0.05) is 12.8 Å². The third-order valence-electron chi connectivity index (χ3n) is 4.66. The van der Waals surface area contributed by atoms with Gasteiger partial charge in [-0.1, -0.05) is 63.3 Å². The number of carbonyl (C=O) groups is 1. The lowest BCUT2D eigenvalue weighted by Crippen LogP contribution is -2.04. The maximum Gasteiger partial charge on any atom is 0.308 e. The fourth-order valence-corrected chi connectivity index (χ4v) is 3.25. The molecule has 3 heteroatoms. The monoisotopic (exact) mass is 354 g/mol. The fraction of sp³-hybridized carbons (Fsp3) is 0.435. The zero-order valence-corrected chi connectivity index (χ0v) is 16.2. The Morgan fingerprint density at radius 1 is 0.846 bits per heavy atom. The topological polar surface area (TPSA) is 35.5 Å². The van der Waals surface area contributed by atoms with Gasteiger partial charge in [0.05, 0.1) is 7.11 Å². The molecule has 0 heterocycles. The quantitative estimate of drug-likeness (QED) is 0.293. The average molecular weight is 354 g/mol. The third kappa shape index (κ3) is 6.21. The van der Waals surface area contributed by atoms with Crippen molar-refractivity contribution >= 4 is 5.97 Å². The lowest BCUT2D eigenvalue weighted by Gasteiger charge is -2.19. The Balaban J connectivity index is 2.14. The number of methoxy groups -OCH3 is 1. The number of unbranched alkanes of at least 4 members (excludes halogenated alkanes) is 4. The molecule has 2 aromatic rings. The summed E-state index contributed by atoms with van der Waals surface area (Å²) in [5.74, 6) is 1.52. The van der Waals surface area contributed by atoms with Crippen LogP contribution in [0, 0.1) is 0 Å². The van der Waals surface area contributed by atoms with Crippen LogP contribution in [-0.2, 0) is 4.79 Å². The van der Waals surface area contributed by atoms with E-state index in [9.17, 15) is 4.79 Å². The Kier molecular flexibility index (Phi) is 8.20. The highest BCUT2D eigenvalue weighted by Crippen LogP contribution is 2.32. The van der Waals surface area contributed by atoms with E-state index < -0.39 is 0 Å². The molecule has 0 radical (unpaired) electrons. The van der Waals surface area contributed by atoms with E-state index in [1.54, 1.807) is 7.11 Å². The average Bonchev–Trinajstić information content (AvgIpc) is 2.65. The predicted octanol–water partition coefficient (Wildman–Crippen LogP) is 6.11. The molecule has 0 N–H and O–H groups in total.